The first-order valence-electron chi connectivity index (χ1n) is 8.71. The van der Waals surface area contributed by atoms with Gasteiger partial charge in [0.1, 0.15) is 11.5 Å². The van der Waals surface area contributed by atoms with Crippen molar-refractivity contribution in [2.45, 2.75) is 45.2 Å². The van der Waals surface area contributed by atoms with Crippen LogP contribution in [-0.4, -0.2) is 24.3 Å². The fourth-order valence-corrected chi connectivity index (χ4v) is 5.18. The molecule has 0 saturated heterocycles. The Labute approximate surface area is 147 Å². The van der Waals surface area contributed by atoms with Crippen LogP contribution in [0.4, 0.5) is 0 Å². The van der Waals surface area contributed by atoms with Gasteiger partial charge in [-0.25, -0.2) is 0 Å². The summed E-state index contributed by atoms with van der Waals surface area (Å²) in [5.74, 6) is 1.29. The van der Waals surface area contributed by atoms with Crippen molar-refractivity contribution in [3.05, 3.63) is 50.7 Å². The summed E-state index contributed by atoms with van der Waals surface area (Å²) in [6, 6.07) is 9.26. The quantitative estimate of drug-likeness (QED) is 0.844. The second-order valence-electron chi connectivity index (χ2n) is 6.74. The molecule has 24 heavy (non-hydrogen) atoms. The Bertz CT molecular complexity index is 780. The summed E-state index contributed by atoms with van der Waals surface area (Å²) in [6.07, 6.45) is 3.39. The molecule has 3 heterocycles. The summed E-state index contributed by atoms with van der Waals surface area (Å²) >= 11 is 1.84. The van der Waals surface area contributed by atoms with E-state index >= 15 is 0 Å². The lowest BCUT2D eigenvalue weighted by Gasteiger charge is -2.40. The predicted octanol–water partition coefficient (Wildman–Crippen LogP) is 3.93. The first kappa shape index (κ1) is 15.9. The van der Waals surface area contributed by atoms with Crippen molar-refractivity contribution in [1.29, 1.82) is 0 Å². The third-order valence-electron chi connectivity index (χ3n) is 5.28. The van der Waals surface area contributed by atoms with Gasteiger partial charge in [-0.1, -0.05) is 13.0 Å². The predicted molar refractivity (Wildman–Crippen MR) is 96.9 cm³/mol. The van der Waals surface area contributed by atoms with E-state index in [1.807, 2.05) is 18.3 Å². The van der Waals surface area contributed by atoms with E-state index in [4.69, 9.17) is 4.74 Å². The van der Waals surface area contributed by atoms with E-state index in [9.17, 15) is 4.79 Å². The van der Waals surface area contributed by atoms with Gasteiger partial charge in [0.25, 0.3) is 0 Å². The number of ether oxygens (including phenoxy) is 1. The Balaban J connectivity index is 1.62. The number of ketones is 1. The number of nitrogens with zero attached hydrogens (tertiary/aromatic N) is 1. The van der Waals surface area contributed by atoms with Crippen LogP contribution in [0.15, 0.2) is 24.3 Å². The highest BCUT2D eigenvalue weighted by atomic mass is 32.1. The summed E-state index contributed by atoms with van der Waals surface area (Å²) in [5, 5.41) is 0. The summed E-state index contributed by atoms with van der Waals surface area (Å²) in [7, 11) is 1.73. The van der Waals surface area contributed by atoms with Crippen LogP contribution >= 0.6 is 11.3 Å². The molecule has 1 unspecified atom stereocenters. The zero-order chi connectivity index (χ0) is 16.7. The van der Waals surface area contributed by atoms with Gasteiger partial charge in [0.2, 0.25) is 0 Å². The van der Waals surface area contributed by atoms with E-state index in [2.05, 4.69) is 29.2 Å². The molecule has 2 aliphatic rings. The smallest absolute Gasteiger partial charge is 0.137 e. The number of carbonyl (C=O) groups is 1. The molecule has 3 nitrogen and oxygen atoms in total. The molecule has 0 bridgehead atoms. The van der Waals surface area contributed by atoms with Gasteiger partial charge < -0.3 is 4.74 Å². The maximum absolute atomic E-state index is 11.8. The minimum absolute atomic E-state index is 0.337. The number of hydrogen-bond acceptors (Lipinski definition) is 4. The average Bonchev–Trinajstić information content (AvgIpc) is 3.00. The first-order chi connectivity index (χ1) is 11.7. The number of Topliss-reactive ketones (excluding diaryl/α,β-unsaturated/α-hetero) is 1. The molecule has 0 N–H and O–H groups in total. The van der Waals surface area contributed by atoms with E-state index < -0.39 is 0 Å². The first-order valence-corrected chi connectivity index (χ1v) is 9.52. The maximum atomic E-state index is 11.8. The summed E-state index contributed by atoms with van der Waals surface area (Å²) in [5.41, 5.74) is 4.32. The number of benzene rings is 1. The number of fused-ring (bicyclic) bond motifs is 4. The van der Waals surface area contributed by atoms with Gasteiger partial charge in [0.05, 0.1) is 7.11 Å². The number of methoxy groups -OCH3 is 1. The molecular formula is C20H23NO2S. The summed E-state index contributed by atoms with van der Waals surface area (Å²) in [4.78, 5) is 17.1. The third kappa shape index (κ3) is 2.78. The highest BCUT2D eigenvalue weighted by Gasteiger charge is 2.33. The largest absolute Gasteiger partial charge is 0.497 e. The van der Waals surface area contributed by atoms with Crippen molar-refractivity contribution in [3.63, 3.8) is 0 Å². The summed E-state index contributed by atoms with van der Waals surface area (Å²) in [6.45, 7) is 4.06. The minimum Gasteiger partial charge on any atom is -0.497 e. The lowest BCUT2D eigenvalue weighted by Crippen LogP contribution is -2.38. The van der Waals surface area contributed by atoms with Crippen LogP contribution in [0.2, 0.25) is 0 Å². The van der Waals surface area contributed by atoms with Crippen molar-refractivity contribution < 1.29 is 9.53 Å². The van der Waals surface area contributed by atoms with Gasteiger partial charge in [-0.15, -0.1) is 11.3 Å². The molecule has 4 heteroatoms. The Morgan fingerprint density at radius 1 is 1.33 bits per heavy atom. The van der Waals surface area contributed by atoms with Crippen molar-refractivity contribution >= 4 is 17.1 Å². The second-order valence-corrected chi connectivity index (χ2v) is 7.96. The number of hydrogen-bond donors (Lipinski definition) is 0. The Morgan fingerprint density at radius 2 is 2.21 bits per heavy atom. The molecule has 126 valence electrons. The van der Waals surface area contributed by atoms with Gasteiger partial charge in [-0.05, 0) is 41.3 Å². The zero-order valence-corrected chi connectivity index (χ0v) is 15.1. The highest BCUT2D eigenvalue weighted by molar-refractivity contribution is 7.12. The van der Waals surface area contributed by atoms with Crippen molar-refractivity contribution in [3.8, 4) is 5.75 Å². The fourth-order valence-electron chi connectivity index (χ4n) is 3.93. The number of carbonyl (C=O) groups excluding carboxylic acids is 1. The molecule has 1 atom stereocenters. The molecular weight excluding hydrogens is 318 g/mol. The summed E-state index contributed by atoms with van der Waals surface area (Å²) < 4.78 is 5.38. The monoisotopic (exact) mass is 341 g/mol. The lowest BCUT2D eigenvalue weighted by molar-refractivity contribution is -0.118. The van der Waals surface area contributed by atoms with E-state index in [0.29, 0.717) is 24.7 Å². The lowest BCUT2D eigenvalue weighted by atomic mass is 9.87. The Hall–Kier alpha value is -1.65. The van der Waals surface area contributed by atoms with E-state index in [1.165, 1.54) is 26.4 Å². The molecule has 1 aromatic carbocycles. The number of thiophene rings is 1. The van der Waals surface area contributed by atoms with Gasteiger partial charge in [0.15, 0.2) is 0 Å². The van der Waals surface area contributed by atoms with E-state index in [-0.39, 0.29) is 0 Å². The molecule has 2 aliphatic heterocycles. The van der Waals surface area contributed by atoms with Crippen LogP contribution in [-0.2, 0) is 30.6 Å². The average molecular weight is 341 g/mol. The normalized spacial score (nSPS) is 19.3. The van der Waals surface area contributed by atoms with Crippen LogP contribution < -0.4 is 4.74 Å². The zero-order valence-electron chi connectivity index (χ0n) is 14.3. The van der Waals surface area contributed by atoms with Gasteiger partial charge in [-0.3, -0.25) is 9.69 Å². The Kier molecular flexibility index (Phi) is 4.19. The molecule has 0 radical (unpaired) electrons. The van der Waals surface area contributed by atoms with E-state index in [1.54, 1.807) is 7.11 Å². The number of rotatable bonds is 4. The Morgan fingerprint density at radius 3 is 3.00 bits per heavy atom. The molecule has 1 aromatic heterocycles. The minimum atomic E-state index is 0.337. The third-order valence-corrected chi connectivity index (χ3v) is 6.48. The maximum Gasteiger partial charge on any atom is 0.137 e. The molecule has 0 spiro atoms. The molecule has 0 aliphatic carbocycles. The fraction of sp³-hybridized carbons (Fsp3) is 0.450. The standard InChI is InChI=1S/C20H23NO2S/c1-3-15(22)10-17-9-14-12-21-7-6-13-8-16(23-2)4-5-18(13)19(21)11-20(14)24-17/h4-5,8-9,19H,3,6-7,10-12H2,1-2H3. The van der Waals surface area contributed by atoms with Crippen LogP contribution in [0, 0.1) is 0 Å². The second kappa shape index (κ2) is 6.34. The van der Waals surface area contributed by atoms with Crippen LogP contribution in [0.5, 0.6) is 5.75 Å². The van der Waals surface area contributed by atoms with Crippen molar-refractivity contribution in [2.75, 3.05) is 13.7 Å². The van der Waals surface area contributed by atoms with Gasteiger partial charge in [0, 0.05) is 48.1 Å². The van der Waals surface area contributed by atoms with Gasteiger partial charge in [-0.2, -0.15) is 0 Å². The molecule has 2 aromatic rings. The topological polar surface area (TPSA) is 29.5 Å². The highest BCUT2D eigenvalue weighted by Crippen LogP contribution is 2.41. The molecule has 4 rings (SSSR count). The van der Waals surface area contributed by atoms with Crippen LogP contribution in [0.25, 0.3) is 0 Å². The SMILES string of the molecule is CCC(=O)Cc1cc2c(s1)CC1c3ccc(OC)cc3CCN1C2. The van der Waals surface area contributed by atoms with Crippen molar-refractivity contribution in [1.82, 2.24) is 4.90 Å². The molecule has 0 fully saturated rings. The van der Waals surface area contributed by atoms with Crippen LogP contribution in [0.3, 0.4) is 0 Å². The van der Waals surface area contributed by atoms with Crippen LogP contribution in [0.1, 0.15) is 45.8 Å². The molecule has 0 amide bonds. The van der Waals surface area contributed by atoms with Gasteiger partial charge >= 0.3 is 0 Å². The van der Waals surface area contributed by atoms with Crippen molar-refractivity contribution in [2.24, 2.45) is 0 Å². The van der Waals surface area contributed by atoms with E-state index in [0.717, 1.165) is 31.7 Å². The molecule has 0 saturated carbocycles.